The normalized spacial score (nSPS) is 9.64. The highest BCUT2D eigenvalue weighted by Gasteiger charge is 2.02. The number of rotatable bonds is 2. The molecule has 0 saturated carbocycles. The minimum absolute atomic E-state index is 0.238. The van der Waals surface area contributed by atoms with Crippen LogP contribution in [-0.4, -0.2) is 22.6 Å². The van der Waals surface area contributed by atoms with Gasteiger partial charge in [0.1, 0.15) is 12.4 Å². The zero-order chi connectivity index (χ0) is 8.27. The maximum Gasteiger partial charge on any atom is 0.325 e. The Kier molecular flexibility index (Phi) is 2.25. The number of nitrogens with zero attached hydrogens (tertiary/aromatic N) is 2. The number of methoxy groups -OCH3 is 1. The maximum absolute atomic E-state index is 10.8. The molecular formula is C7H10N2O2. The minimum atomic E-state index is -0.258. The SMILES string of the molecule is COC(=O)Cn1ccnc1C. The van der Waals surface area contributed by atoms with Gasteiger partial charge in [0.2, 0.25) is 0 Å². The first-order valence-electron chi connectivity index (χ1n) is 3.28. The van der Waals surface area contributed by atoms with Gasteiger partial charge in [0, 0.05) is 12.4 Å². The maximum atomic E-state index is 10.8. The number of hydrogen-bond acceptors (Lipinski definition) is 3. The lowest BCUT2D eigenvalue weighted by atomic mass is 10.6. The molecule has 0 radical (unpaired) electrons. The van der Waals surface area contributed by atoms with Crippen molar-refractivity contribution in [1.29, 1.82) is 0 Å². The van der Waals surface area contributed by atoms with Gasteiger partial charge in [-0.2, -0.15) is 0 Å². The van der Waals surface area contributed by atoms with Crippen molar-refractivity contribution >= 4 is 5.97 Å². The lowest BCUT2D eigenvalue weighted by Gasteiger charge is -2.01. The zero-order valence-corrected chi connectivity index (χ0v) is 6.57. The molecule has 11 heavy (non-hydrogen) atoms. The molecule has 0 atom stereocenters. The average molecular weight is 154 g/mol. The number of imidazole rings is 1. The van der Waals surface area contributed by atoms with Crippen LogP contribution >= 0.6 is 0 Å². The predicted molar refractivity (Wildman–Crippen MR) is 39.0 cm³/mol. The Morgan fingerprint density at radius 2 is 2.55 bits per heavy atom. The van der Waals surface area contributed by atoms with E-state index in [1.54, 1.807) is 17.0 Å². The molecule has 0 aliphatic carbocycles. The highest BCUT2D eigenvalue weighted by molar-refractivity contribution is 5.68. The Labute approximate surface area is 64.8 Å². The summed E-state index contributed by atoms with van der Waals surface area (Å²) in [6.45, 7) is 2.07. The van der Waals surface area contributed by atoms with Crippen LogP contribution in [0.25, 0.3) is 0 Å². The third-order valence-corrected chi connectivity index (χ3v) is 1.45. The van der Waals surface area contributed by atoms with E-state index in [9.17, 15) is 4.79 Å². The van der Waals surface area contributed by atoms with Crippen LogP contribution in [0.1, 0.15) is 5.82 Å². The van der Waals surface area contributed by atoms with Gasteiger partial charge in [0.25, 0.3) is 0 Å². The van der Waals surface area contributed by atoms with Crippen LogP contribution in [-0.2, 0) is 16.1 Å². The molecular weight excluding hydrogens is 144 g/mol. The lowest BCUT2D eigenvalue weighted by molar-refractivity contribution is -0.141. The topological polar surface area (TPSA) is 44.1 Å². The molecule has 1 aromatic rings. The molecule has 0 unspecified atom stereocenters. The molecule has 0 bridgehead atoms. The predicted octanol–water partition coefficient (Wildman–Crippen LogP) is 0.365. The van der Waals surface area contributed by atoms with Crippen LogP contribution in [0, 0.1) is 6.92 Å². The summed E-state index contributed by atoms with van der Waals surface area (Å²) < 4.78 is 6.22. The summed E-state index contributed by atoms with van der Waals surface area (Å²) in [5, 5.41) is 0. The highest BCUT2D eigenvalue weighted by Crippen LogP contribution is 1.94. The second kappa shape index (κ2) is 3.18. The van der Waals surface area contributed by atoms with Gasteiger partial charge in [-0.15, -0.1) is 0 Å². The van der Waals surface area contributed by atoms with Crippen LogP contribution in [0.15, 0.2) is 12.4 Å². The number of carbonyl (C=O) groups is 1. The van der Waals surface area contributed by atoms with Crippen LogP contribution in [0.2, 0.25) is 0 Å². The van der Waals surface area contributed by atoms with Crippen LogP contribution in [0.5, 0.6) is 0 Å². The fraction of sp³-hybridized carbons (Fsp3) is 0.429. The second-order valence-corrected chi connectivity index (χ2v) is 2.18. The van der Waals surface area contributed by atoms with E-state index in [0.29, 0.717) is 0 Å². The van der Waals surface area contributed by atoms with Gasteiger partial charge in [0.05, 0.1) is 7.11 Å². The van der Waals surface area contributed by atoms with Gasteiger partial charge in [-0.1, -0.05) is 0 Å². The van der Waals surface area contributed by atoms with Crippen molar-refractivity contribution in [3.05, 3.63) is 18.2 Å². The molecule has 4 nitrogen and oxygen atoms in total. The summed E-state index contributed by atoms with van der Waals surface area (Å²) in [4.78, 5) is 14.7. The van der Waals surface area contributed by atoms with Gasteiger partial charge in [0.15, 0.2) is 0 Å². The van der Waals surface area contributed by atoms with E-state index in [-0.39, 0.29) is 12.5 Å². The first kappa shape index (κ1) is 7.78. The number of esters is 1. The second-order valence-electron chi connectivity index (χ2n) is 2.18. The largest absolute Gasteiger partial charge is 0.468 e. The molecule has 0 aliphatic rings. The Hall–Kier alpha value is -1.32. The molecule has 0 aromatic carbocycles. The van der Waals surface area contributed by atoms with E-state index in [0.717, 1.165) is 5.82 Å². The number of carbonyl (C=O) groups excluding carboxylic acids is 1. The van der Waals surface area contributed by atoms with Gasteiger partial charge in [-0.3, -0.25) is 4.79 Å². The molecule has 0 fully saturated rings. The number of aromatic nitrogens is 2. The van der Waals surface area contributed by atoms with Crippen molar-refractivity contribution in [2.45, 2.75) is 13.5 Å². The number of hydrogen-bond donors (Lipinski definition) is 0. The number of aryl methyl sites for hydroxylation is 1. The summed E-state index contributed by atoms with van der Waals surface area (Å²) >= 11 is 0. The molecule has 4 heteroatoms. The summed E-state index contributed by atoms with van der Waals surface area (Å²) in [6, 6.07) is 0. The van der Waals surface area contributed by atoms with E-state index < -0.39 is 0 Å². The summed E-state index contributed by atoms with van der Waals surface area (Å²) in [5.41, 5.74) is 0. The zero-order valence-electron chi connectivity index (χ0n) is 6.57. The quantitative estimate of drug-likeness (QED) is 0.578. The Balaban J connectivity index is 2.64. The molecule has 0 N–H and O–H groups in total. The molecule has 0 amide bonds. The third kappa shape index (κ3) is 1.80. The first-order chi connectivity index (χ1) is 5.24. The van der Waals surface area contributed by atoms with Gasteiger partial charge < -0.3 is 9.30 Å². The molecule has 1 aromatic heterocycles. The van der Waals surface area contributed by atoms with Gasteiger partial charge in [-0.25, -0.2) is 4.98 Å². The summed E-state index contributed by atoms with van der Waals surface area (Å²) in [6.07, 6.45) is 3.39. The van der Waals surface area contributed by atoms with Crippen LogP contribution in [0.3, 0.4) is 0 Å². The average Bonchev–Trinajstić information content (AvgIpc) is 2.37. The van der Waals surface area contributed by atoms with Gasteiger partial charge >= 0.3 is 5.97 Å². The molecule has 0 spiro atoms. The van der Waals surface area contributed by atoms with Crippen LogP contribution < -0.4 is 0 Å². The van der Waals surface area contributed by atoms with E-state index in [4.69, 9.17) is 0 Å². The number of ether oxygens (including phenoxy) is 1. The standard InChI is InChI=1S/C7H10N2O2/c1-6-8-3-4-9(6)5-7(10)11-2/h3-4H,5H2,1-2H3. The van der Waals surface area contributed by atoms with Crippen molar-refractivity contribution in [2.24, 2.45) is 0 Å². The first-order valence-corrected chi connectivity index (χ1v) is 3.28. The highest BCUT2D eigenvalue weighted by atomic mass is 16.5. The van der Waals surface area contributed by atoms with Crippen molar-refractivity contribution in [1.82, 2.24) is 9.55 Å². The van der Waals surface area contributed by atoms with E-state index in [2.05, 4.69) is 9.72 Å². The Morgan fingerprint density at radius 3 is 3.00 bits per heavy atom. The molecule has 0 aliphatic heterocycles. The van der Waals surface area contributed by atoms with Crippen molar-refractivity contribution < 1.29 is 9.53 Å². The summed E-state index contributed by atoms with van der Waals surface area (Å²) in [7, 11) is 1.37. The van der Waals surface area contributed by atoms with Gasteiger partial charge in [-0.05, 0) is 6.92 Å². The Bertz CT molecular complexity index is 255. The van der Waals surface area contributed by atoms with Crippen molar-refractivity contribution in [3.63, 3.8) is 0 Å². The fourth-order valence-corrected chi connectivity index (χ4v) is 0.774. The van der Waals surface area contributed by atoms with E-state index >= 15 is 0 Å². The van der Waals surface area contributed by atoms with Crippen molar-refractivity contribution in [2.75, 3.05) is 7.11 Å². The van der Waals surface area contributed by atoms with E-state index in [1.807, 2.05) is 6.92 Å². The third-order valence-electron chi connectivity index (χ3n) is 1.45. The molecule has 60 valence electrons. The lowest BCUT2D eigenvalue weighted by Crippen LogP contribution is -2.11. The fourth-order valence-electron chi connectivity index (χ4n) is 0.774. The molecule has 1 rings (SSSR count). The molecule has 1 heterocycles. The monoisotopic (exact) mass is 154 g/mol. The Morgan fingerprint density at radius 1 is 1.82 bits per heavy atom. The smallest absolute Gasteiger partial charge is 0.325 e. The van der Waals surface area contributed by atoms with E-state index in [1.165, 1.54) is 7.11 Å². The van der Waals surface area contributed by atoms with Crippen LogP contribution in [0.4, 0.5) is 0 Å². The summed E-state index contributed by atoms with van der Waals surface area (Å²) in [5.74, 6) is 0.557. The minimum Gasteiger partial charge on any atom is -0.468 e. The molecule has 0 saturated heterocycles. The van der Waals surface area contributed by atoms with Crippen molar-refractivity contribution in [3.8, 4) is 0 Å².